The van der Waals surface area contributed by atoms with Crippen molar-refractivity contribution in [3.63, 3.8) is 0 Å². The monoisotopic (exact) mass is 308 g/mol. The van der Waals surface area contributed by atoms with Gasteiger partial charge in [0, 0.05) is 19.6 Å². The number of halogens is 2. The summed E-state index contributed by atoms with van der Waals surface area (Å²) in [5.41, 5.74) is -0.913. The van der Waals surface area contributed by atoms with E-state index in [1.807, 2.05) is 13.8 Å². The standard InChI is InChI=1S/C13H22F2N2O4/c1-9(2)13(11(18)19)3-5-17(8-13)12(20)16-4-6-21-7-10(14)15/h9-10H,3-8H2,1-2H3,(H,16,20)(H,18,19). The maximum Gasteiger partial charge on any atom is 0.317 e. The number of nitrogens with one attached hydrogen (secondary N) is 1. The normalized spacial score (nSPS) is 22.1. The predicted octanol–water partition coefficient (Wildman–Crippen LogP) is 1.41. The number of rotatable bonds is 7. The van der Waals surface area contributed by atoms with Crippen LogP contribution in [0.25, 0.3) is 0 Å². The Kier molecular flexibility index (Phi) is 6.32. The molecule has 21 heavy (non-hydrogen) atoms. The van der Waals surface area contributed by atoms with Crippen LogP contribution in [0.2, 0.25) is 0 Å². The van der Waals surface area contributed by atoms with Crippen LogP contribution in [0.5, 0.6) is 0 Å². The molecule has 2 amide bonds. The minimum Gasteiger partial charge on any atom is -0.481 e. The summed E-state index contributed by atoms with van der Waals surface area (Å²) in [7, 11) is 0. The first-order valence-electron chi connectivity index (χ1n) is 6.91. The lowest BCUT2D eigenvalue weighted by Crippen LogP contribution is -2.44. The predicted molar refractivity (Wildman–Crippen MR) is 71.3 cm³/mol. The Bertz CT molecular complexity index is 379. The molecule has 0 aromatic carbocycles. The molecule has 1 atom stereocenters. The molecular weight excluding hydrogens is 286 g/mol. The Morgan fingerprint density at radius 2 is 2.10 bits per heavy atom. The minimum atomic E-state index is -2.53. The molecule has 6 nitrogen and oxygen atoms in total. The summed E-state index contributed by atoms with van der Waals surface area (Å²) >= 11 is 0. The van der Waals surface area contributed by atoms with E-state index < -0.39 is 24.4 Å². The first-order chi connectivity index (χ1) is 9.79. The molecule has 122 valence electrons. The topological polar surface area (TPSA) is 78.9 Å². The van der Waals surface area contributed by atoms with Crippen molar-refractivity contribution in [2.75, 3.05) is 32.8 Å². The molecule has 1 aliphatic heterocycles. The van der Waals surface area contributed by atoms with E-state index in [1.165, 1.54) is 4.90 Å². The molecule has 1 saturated heterocycles. The molecule has 0 bridgehead atoms. The van der Waals surface area contributed by atoms with Crippen LogP contribution in [0.3, 0.4) is 0 Å². The lowest BCUT2D eigenvalue weighted by Gasteiger charge is -2.28. The molecule has 1 unspecified atom stereocenters. The number of amides is 2. The van der Waals surface area contributed by atoms with Gasteiger partial charge in [-0.3, -0.25) is 4.79 Å². The van der Waals surface area contributed by atoms with Gasteiger partial charge in [-0.25, -0.2) is 13.6 Å². The third kappa shape index (κ3) is 4.52. The number of urea groups is 1. The second-order valence-electron chi connectivity index (χ2n) is 5.49. The molecule has 8 heteroatoms. The zero-order chi connectivity index (χ0) is 16.0. The van der Waals surface area contributed by atoms with Crippen molar-refractivity contribution in [2.24, 2.45) is 11.3 Å². The number of carbonyl (C=O) groups excluding carboxylic acids is 1. The number of carboxylic acids is 1. The number of hydrogen-bond acceptors (Lipinski definition) is 3. The zero-order valence-electron chi connectivity index (χ0n) is 12.3. The Hall–Kier alpha value is -1.44. The summed E-state index contributed by atoms with van der Waals surface area (Å²) in [4.78, 5) is 24.8. The number of alkyl halides is 2. The summed E-state index contributed by atoms with van der Waals surface area (Å²) in [6, 6.07) is -0.389. The molecule has 2 N–H and O–H groups in total. The van der Waals surface area contributed by atoms with Gasteiger partial charge in [-0.15, -0.1) is 0 Å². The fourth-order valence-electron chi connectivity index (χ4n) is 2.41. The molecule has 0 aliphatic carbocycles. The van der Waals surface area contributed by atoms with Gasteiger partial charge < -0.3 is 20.1 Å². The highest BCUT2D eigenvalue weighted by Crippen LogP contribution is 2.38. The molecule has 1 rings (SSSR count). The van der Waals surface area contributed by atoms with Crippen molar-refractivity contribution in [1.29, 1.82) is 0 Å². The van der Waals surface area contributed by atoms with Crippen LogP contribution in [0.4, 0.5) is 13.6 Å². The van der Waals surface area contributed by atoms with Gasteiger partial charge in [0.2, 0.25) is 0 Å². The first kappa shape index (κ1) is 17.6. The van der Waals surface area contributed by atoms with Gasteiger partial charge >= 0.3 is 12.0 Å². The van der Waals surface area contributed by atoms with Crippen molar-refractivity contribution in [3.8, 4) is 0 Å². The van der Waals surface area contributed by atoms with Gasteiger partial charge in [-0.05, 0) is 12.3 Å². The molecule has 0 saturated carbocycles. The summed E-state index contributed by atoms with van der Waals surface area (Å²) in [6.45, 7) is 3.64. The van der Waals surface area contributed by atoms with Crippen molar-refractivity contribution in [2.45, 2.75) is 26.7 Å². The van der Waals surface area contributed by atoms with Gasteiger partial charge in [0.05, 0.1) is 12.0 Å². The van der Waals surface area contributed by atoms with Crippen LogP contribution in [-0.2, 0) is 9.53 Å². The maximum absolute atomic E-state index is 11.9. The SMILES string of the molecule is CC(C)C1(C(=O)O)CCN(C(=O)NCCOCC(F)F)C1. The third-order valence-corrected chi connectivity index (χ3v) is 3.89. The fourth-order valence-corrected chi connectivity index (χ4v) is 2.41. The largest absolute Gasteiger partial charge is 0.481 e. The van der Waals surface area contributed by atoms with E-state index in [4.69, 9.17) is 0 Å². The average molecular weight is 308 g/mol. The van der Waals surface area contributed by atoms with Gasteiger partial charge in [0.1, 0.15) is 6.61 Å². The molecular formula is C13H22F2N2O4. The maximum atomic E-state index is 11.9. The van der Waals surface area contributed by atoms with Crippen LogP contribution >= 0.6 is 0 Å². The van der Waals surface area contributed by atoms with Crippen LogP contribution in [-0.4, -0.2) is 61.3 Å². The van der Waals surface area contributed by atoms with E-state index in [1.54, 1.807) is 0 Å². The van der Waals surface area contributed by atoms with E-state index in [9.17, 15) is 23.5 Å². The molecule has 0 aromatic rings. The average Bonchev–Trinajstić information content (AvgIpc) is 2.84. The first-order valence-corrected chi connectivity index (χ1v) is 6.91. The van der Waals surface area contributed by atoms with Gasteiger partial charge in [-0.2, -0.15) is 0 Å². The van der Waals surface area contributed by atoms with Crippen LogP contribution in [0.1, 0.15) is 20.3 Å². The summed E-state index contributed by atoms with van der Waals surface area (Å²) in [6.07, 6.45) is -2.11. The van der Waals surface area contributed by atoms with Gasteiger partial charge in [-0.1, -0.05) is 13.8 Å². The summed E-state index contributed by atoms with van der Waals surface area (Å²) in [5, 5.41) is 11.9. The van der Waals surface area contributed by atoms with Crippen LogP contribution < -0.4 is 5.32 Å². The second-order valence-corrected chi connectivity index (χ2v) is 5.49. The highest BCUT2D eigenvalue weighted by atomic mass is 19.3. The molecule has 0 spiro atoms. The minimum absolute atomic E-state index is 0.00181. The molecule has 1 heterocycles. The lowest BCUT2D eigenvalue weighted by atomic mass is 9.76. The van der Waals surface area contributed by atoms with E-state index in [2.05, 4.69) is 10.1 Å². The second kappa shape index (κ2) is 7.53. The van der Waals surface area contributed by atoms with Crippen LogP contribution in [0, 0.1) is 11.3 Å². The van der Waals surface area contributed by atoms with E-state index >= 15 is 0 Å². The van der Waals surface area contributed by atoms with Gasteiger partial charge in [0.25, 0.3) is 6.43 Å². The number of nitrogens with zero attached hydrogens (tertiary/aromatic N) is 1. The quantitative estimate of drug-likeness (QED) is 0.697. The third-order valence-electron chi connectivity index (χ3n) is 3.89. The molecule has 1 aliphatic rings. The van der Waals surface area contributed by atoms with Crippen LogP contribution in [0.15, 0.2) is 0 Å². The van der Waals surface area contributed by atoms with Crippen molar-refractivity contribution < 1.29 is 28.2 Å². The molecule has 0 radical (unpaired) electrons. The zero-order valence-corrected chi connectivity index (χ0v) is 12.3. The molecule has 0 aromatic heterocycles. The fraction of sp³-hybridized carbons (Fsp3) is 0.846. The Morgan fingerprint density at radius 3 is 2.57 bits per heavy atom. The Labute approximate surface area is 122 Å². The Morgan fingerprint density at radius 1 is 1.43 bits per heavy atom. The van der Waals surface area contributed by atoms with E-state index in [0.717, 1.165) is 0 Å². The lowest BCUT2D eigenvalue weighted by molar-refractivity contribution is -0.150. The van der Waals surface area contributed by atoms with E-state index in [0.29, 0.717) is 13.0 Å². The number of aliphatic carboxylic acids is 1. The van der Waals surface area contributed by atoms with Crippen molar-refractivity contribution >= 4 is 12.0 Å². The van der Waals surface area contributed by atoms with Crippen molar-refractivity contribution in [3.05, 3.63) is 0 Å². The molecule has 1 fully saturated rings. The number of hydrogen-bond donors (Lipinski definition) is 2. The van der Waals surface area contributed by atoms with E-state index in [-0.39, 0.29) is 31.6 Å². The number of likely N-dealkylation sites (tertiary alicyclic amines) is 1. The highest BCUT2D eigenvalue weighted by Gasteiger charge is 2.48. The summed E-state index contributed by atoms with van der Waals surface area (Å²) in [5.74, 6) is -0.977. The highest BCUT2D eigenvalue weighted by molar-refractivity contribution is 5.80. The smallest absolute Gasteiger partial charge is 0.317 e. The number of carbonyl (C=O) groups is 2. The van der Waals surface area contributed by atoms with Crippen molar-refractivity contribution in [1.82, 2.24) is 10.2 Å². The number of carboxylic acid groups (broad SMARTS) is 1. The Balaban J connectivity index is 2.38. The van der Waals surface area contributed by atoms with Gasteiger partial charge in [0.15, 0.2) is 0 Å². The number of ether oxygens (including phenoxy) is 1. The summed E-state index contributed by atoms with van der Waals surface area (Å²) < 4.78 is 28.3.